The van der Waals surface area contributed by atoms with E-state index in [1.807, 2.05) is 12.1 Å². The van der Waals surface area contributed by atoms with Gasteiger partial charge in [-0.1, -0.05) is 22.0 Å². The van der Waals surface area contributed by atoms with Gasteiger partial charge in [0.25, 0.3) is 0 Å². The van der Waals surface area contributed by atoms with Gasteiger partial charge in [-0.25, -0.2) is 0 Å². The molecule has 1 atom stereocenters. The van der Waals surface area contributed by atoms with E-state index in [-0.39, 0.29) is 11.5 Å². The highest BCUT2D eigenvalue weighted by Gasteiger charge is 2.09. The molecule has 5 heteroatoms. The Morgan fingerprint density at radius 1 is 1.29 bits per heavy atom. The third kappa shape index (κ3) is 3.14. The lowest BCUT2D eigenvalue weighted by atomic mass is 10.4. The predicted octanol–water partition coefficient (Wildman–Crippen LogP) is 3.16. The van der Waals surface area contributed by atoms with Crippen LogP contribution in [0.25, 0.3) is 0 Å². The molecular weight excluding hydrogens is 304 g/mol. The maximum absolute atomic E-state index is 12.0. The number of hydrogen-bond acceptors (Lipinski definition) is 3. The van der Waals surface area contributed by atoms with Crippen molar-refractivity contribution in [3.63, 3.8) is 0 Å². The first-order valence-corrected chi connectivity index (χ1v) is 6.98. The Bertz CT molecular complexity index is 562. The van der Waals surface area contributed by atoms with Crippen LogP contribution >= 0.6 is 15.9 Å². The van der Waals surface area contributed by atoms with Crippen molar-refractivity contribution in [2.45, 2.75) is 10.6 Å². The van der Waals surface area contributed by atoms with Gasteiger partial charge in [-0.2, -0.15) is 0 Å². The number of carbonyl (C=O) groups is 1. The minimum atomic E-state index is -1.17. The summed E-state index contributed by atoms with van der Waals surface area (Å²) in [6.07, 6.45) is 0.630. The summed E-state index contributed by atoms with van der Waals surface area (Å²) in [6.45, 7) is 0. The summed E-state index contributed by atoms with van der Waals surface area (Å²) < 4.78 is 18.1. The quantitative estimate of drug-likeness (QED) is 0.815. The van der Waals surface area contributed by atoms with Crippen molar-refractivity contribution in [1.29, 1.82) is 0 Å². The van der Waals surface area contributed by atoms with Gasteiger partial charge in [0.15, 0.2) is 12.0 Å². The molecular formula is C12H9BrO3S. The molecule has 1 aromatic carbocycles. The van der Waals surface area contributed by atoms with Crippen LogP contribution in [0.15, 0.2) is 50.2 Å². The van der Waals surface area contributed by atoms with E-state index in [1.54, 1.807) is 24.3 Å². The van der Waals surface area contributed by atoms with Crippen LogP contribution in [-0.2, 0) is 16.6 Å². The van der Waals surface area contributed by atoms with Crippen molar-refractivity contribution in [2.24, 2.45) is 0 Å². The highest BCUT2D eigenvalue weighted by Crippen LogP contribution is 2.18. The molecule has 1 unspecified atom stereocenters. The molecule has 0 spiro atoms. The molecule has 1 aromatic heterocycles. The zero-order chi connectivity index (χ0) is 12.3. The second-order valence-electron chi connectivity index (χ2n) is 3.37. The van der Waals surface area contributed by atoms with Crippen molar-refractivity contribution in [3.05, 3.63) is 52.4 Å². The Balaban J connectivity index is 2.14. The van der Waals surface area contributed by atoms with Gasteiger partial charge in [0.05, 0.1) is 16.6 Å². The molecule has 2 aromatic rings. The summed E-state index contributed by atoms with van der Waals surface area (Å²) in [4.78, 5) is 11.2. The number of hydrogen-bond donors (Lipinski definition) is 0. The van der Waals surface area contributed by atoms with Crippen LogP contribution in [0.5, 0.6) is 0 Å². The van der Waals surface area contributed by atoms with Gasteiger partial charge >= 0.3 is 0 Å². The number of halogens is 1. The van der Waals surface area contributed by atoms with Gasteiger partial charge in [-0.05, 0) is 30.3 Å². The molecule has 0 fully saturated rings. The zero-order valence-electron chi connectivity index (χ0n) is 8.76. The van der Waals surface area contributed by atoms with Gasteiger partial charge in [-0.15, -0.1) is 0 Å². The maximum Gasteiger partial charge on any atom is 0.185 e. The summed E-state index contributed by atoms with van der Waals surface area (Å²) in [6, 6.07) is 10.5. The molecule has 0 bridgehead atoms. The Labute approximate surface area is 109 Å². The lowest BCUT2D eigenvalue weighted by Gasteiger charge is -2.00. The fourth-order valence-electron chi connectivity index (χ4n) is 1.36. The monoisotopic (exact) mass is 312 g/mol. The molecule has 0 radical (unpaired) electrons. The fraction of sp³-hybridized carbons (Fsp3) is 0.0833. The number of furan rings is 1. The number of benzene rings is 1. The van der Waals surface area contributed by atoms with E-state index < -0.39 is 10.8 Å². The van der Waals surface area contributed by atoms with E-state index in [1.165, 1.54) is 0 Å². The van der Waals surface area contributed by atoms with Gasteiger partial charge in [0, 0.05) is 9.37 Å². The first kappa shape index (κ1) is 12.3. The first-order valence-electron chi connectivity index (χ1n) is 4.87. The Morgan fingerprint density at radius 2 is 2.12 bits per heavy atom. The van der Waals surface area contributed by atoms with Gasteiger partial charge in [-0.3, -0.25) is 9.00 Å². The average Bonchev–Trinajstić information content (AvgIpc) is 2.77. The second-order valence-corrected chi connectivity index (χ2v) is 5.74. The largest absolute Gasteiger partial charge is 0.457 e. The molecule has 2 rings (SSSR count). The van der Waals surface area contributed by atoms with E-state index >= 15 is 0 Å². The van der Waals surface area contributed by atoms with Crippen LogP contribution < -0.4 is 0 Å². The molecule has 0 aliphatic carbocycles. The molecule has 0 saturated carbocycles. The van der Waals surface area contributed by atoms with Crippen molar-refractivity contribution in [3.8, 4) is 0 Å². The molecule has 0 saturated heterocycles. The smallest absolute Gasteiger partial charge is 0.185 e. The number of aldehydes is 1. The summed E-state index contributed by atoms with van der Waals surface area (Å²) in [5, 5.41) is 0. The van der Waals surface area contributed by atoms with Crippen LogP contribution in [0.2, 0.25) is 0 Å². The first-order chi connectivity index (χ1) is 8.19. The van der Waals surface area contributed by atoms with Crippen LogP contribution in [0.3, 0.4) is 0 Å². The molecule has 88 valence electrons. The lowest BCUT2D eigenvalue weighted by Crippen LogP contribution is -1.95. The van der Waals surface area contributed by atoms with Crippen molar-refractivity contribution in [1.82, 2.24) is 0 Å². The molecule has 0 N–H and O–H groups in total. The Morgan fingerprint density at radius 3 is 2.76 bits per heavy atom. The third-order valence-electron chi connectivity index (χ3n) is 2.13. The average molecular weight is 313 g/mol. The minimum Gasteiger partial charge on any atom is -0.457 e. The number of carbonyl (C=O) groups excluding carboxylic acids is 1. The summed E-state index contributed by atoms with van der Waals surface area (Å²) in [5.41, 5.74) is 0. The Hall–Kier alpha value is -1.20. The summed E-state index contributed by atoms with van der Waals surface area (Å²) in [7, 11) is -1.17. The van der Waals surface area contributed by atoms with Crippen molar-refractivity contribution in [2.75, 3.05) is 0 Å². The van der Waals surface area contributed by atoms with E-state index in [4.69, 9.17) is 4.42 Å². The van der Waals surface area contributed by atoms with Gasteiger partial charge < -0.3 is 4.42 Å². The predicted molar refractivity (Wildman–Crippen MR) is 68.3 cm³/mol. The van der Waals surface area contributed by atoms with Crippen LogP contribution in [0.1, 0.15) is 16.3 Å². The molecule has 1 heterocycles. The van der Waals surface area contributed by atoms with Crippen molar-refractivity contribution < 1.29 is 13.4 Å². The van der Waals surface area contributed by atoms with E-state index in [0.717, 1.165) is 9.37 Å². The SMILES string of the molecule is O=Cc1ccc(CS(=O)c2cccc(Br)c2)o1. The molecule has 0 aliphatic rings. The lowest BCUT2D eigenvalue weighted by molar-refractivity contribution is 0.109. The highest BCUT2D eigenvalue weighted by molar-refractivity contribution is 9.10. The van der Waals surface area contributed by atoms with Gasteiger partial charge in [0.1, 0.15) is 5.76 Å². The van der Waals surface area contributed by atoms with E-state index in [2.05, 4.69) is 15.9 Å². The zero-order valence-corrected chi connectivity index (χ0v) is 11.2. The van der Waals surface area contributed by atoms with Crippen molar-refractivity contribution >= 4 is 33.0 Å². The standard InChI is InChI=1S/C12H9BrO3S/c13-9-2-1-3-12(6-9)17(15)8-11-5-4-10(7-14)16-11/h1-7H,8H2. The number of rotatable bonds is 4. The summed E-state index contributed by atoms with van der Waals surface area (Å²) in [5.74, 6) is 1.07. The topological polar surface area (TPSA) is 47.3 Å². The second kappa shape index (κ2) is 5.42. The molecule has 0 aliphatic heterocycles. The molecule has 0 amide bonds. The summed E-state index contributed by atoms with van der Waals surface area (Å²) >= 11 is 3.33. The van der Waals surface area contributed by atoms with E-state index in [0.29, 0.717) is 12.0 Å². The molecule has 17 heavy (non-hydrogen) atoms. The van der Waals surface area contributed by atoms with Crippen LogP contribution in [0, 0.1) is 0 Å². The third-order valence-corrected chi connectivity index (χ3v) is 3.95. The van der Waals surface area contributed by atoms with E-state index in [9.17, 15) is 9.00 Å². The highest BCUT2D eigenvalue weighted by atomic mass is 79.9. The van der Waals surface area contributed by atoms with Gasteiger partial charge in [0.2, 0.25) is 0 Å². The fourth-order valence-corrected chi connectivity index (χ4v) is 2.98. The minimum absolute atomic E-state index is 0.256. The Kier molecular flexibility index (Phi) is 3.91. The molecule has 3 nitrogen and oxygen atoms in total. The van der Waals surface area contributed by atoms with Crippen LogP contribution in [-0.4, -0.2) is 10.5 Å². The maximum atomic E-state index is 12.0. The van der Waals surface area contributed by atoms with Crippen LogP contribution in [0.4, 0.5) is 0 Å². The normalized spacial score (nSPS) is 12.3.